The Balaban J connectivity index is 2.31. The van der Waals surface area contributed by atoms with Gasteiger partial charge in [-0.2, -0.15) is 9.67 Å². The van der Waals surface area contributed by atoms with Gasteiger partial charge in [0.15, 0.2) is 0 Å². The molecule has 1 aromatic carbocycles. The zero-order chi connectivity index (χ0) is 14.5. The topological polar surface area (TPSA) is 121 Å². The zero-order valence-corrected chi connectivity index (χ0v) is 10.8. The van der Waals surface area contributed by atoms with Crippen molar-refractivity contribution in [2.24, 2.45) is 0 Å². The summed E-state index contributed by atoms with van der Waals surface area (Å²) in [5.41, 5.74) is 5.92. The first-order valence-electron chi connectivity index (χ1n) is 5.82. The minimum Gasteiger partial charge on any atom is -0.383 e. The molecule has 2 rings (SSSR count). The lowest BCUT2D eigenvalue weighted by molar-refractivity contribution is -0.384. The molecule has 1 heterocycles. The summed E-state index contributed by atoms with van der Waals surface area (Å²) in [4.78, 5) is 14.5. The largest absolute Gasteiger partial charge is 0.383 e. The molecule has 0 aliphatic heterocycles. The van der Waals surface area contributed by atoms with E-state index in [1.165, 1.54) is 10.7 Å². The van der Waals surface area contributed by atoms with Crippen molar-refractivity contribution in [3.8, 4) is 5.69 Å². The molecule has 0 amide bonds. The van der Waals surface area contributed by atoms with Gasteiger partial charge in [-0.3, -0.25) is 10.1 Å². The standard InChI is InChI=1S/C11H14N6O3/c1-20-7-6-13-11-14-10(12)16(15-11)8-4-2-3-5-9(8)17(18)19/h2-5H,6-7H2,1H3,(H3,12,13,14,15). The summed E-state index contributed by atoms with van der Waals surface area (Å²) in [6, 6.07) is 6.19. The highest BCUT2D eigenvalue weighted by Crippen LogP contribution is 2.23. The molecule has 9 nitrogen and oxygen atoms in total. The Labute approximate surface area is 114 Å². The molecule has 0 bridgehead atoms. The number of hydrogen-bond acceptors (Lipinski definition) is 7. The lowest BCUT2D eigenvalue weighted by Gasteiger charge is -2.03. The molecule has 20 heavy (non-hydrogen) atoms. The number of nitrogens with zero attached hydrogens (tertiary/aromatic N) is 4. The summed E-state index contributed by atoms with van der Waals surface area (Å²) in [5.74, 6) is 0.358. The first-order valence-corrected chi connectivity index (χ1v) is 5.82. The van der Waals surface area contributed by atoms with Crippen molar-refractivity contribution in [1.29, 1.82) is 0 Å². The molecule has 0 saturated carbocycles. The van der Waals surface area contributed by atoms with Gasteiger partial charge < -0.3 is 15.8 Å². The number of nitro groups is 1. The lowest BCUT2D eigenvalue weighted by Crippen LogP contribution is -2.09. The van der Waals surface area contributed by atoms with E-state index < -0.39 is 4.92 Å². The summed E-state index contributed by atoms with van der Waals surface area (Å²) in [6.07, 6.45) is 0. The molecule has 0 aliphatic rings. The molecule has 3 N–H and O–H groups in total. The molecule has 0 aliphatic carbocycles. The normalized spacial score (nSPS) is 10.4. The Morgan fingerprint density at radius 2 is 2.25 bits per heavy atom. The van der Waals surface area contributed by atoms with E-state index in [1.54, 1.807) is 25.3 Å². The summed E-state index contributed by atoms with van der Waals surface area (Å²) >= 11 is 0. The summed E-state index contributed by atoms with van der Waals surface area (Å²) in [5, 5.41) is 18.0. The Kier molecular flexibility index (Phi) is 4.11. The SMILES string of the molecule is COCCNc1nc(N)n(-c2ccccc2[N+](=O)[O-])n1. The highest BCUT2D eigenvalue weighted by molar-refractivity contribution is 5.55. The molecule has 0 fully saturated rings. The summed E-state index contributed by atoms with van der Waals surface area (Å²) < 4.78 is 6.12. The highest BCUT2D eigenvalue weighted by Gasteiger charge is 2.18. The monoisotopic (exact) mass is 278 g/mol. The number of para-hydroxylation sites is 2. The van der Waals surface area contributed by atoms with E-state index in [-0.39, 0.29) is 23.3 Å². The number of aromatic nitrogens is 3. The van der Waals surface area contributed by atoms with Crippen LogP contribution in [0.5, 0.6) is 0 Å². The van der Waals surface area contributed by atoms with Crippen LogP contribution in [-0.2, 0) is 4.74 Å². The maximum Gasteiger partial charge on any atom is 0.295 e. The van der Waals surface area contributed by atoms with Crippen LogP contribution in [0, 0.1) is 10.1 Å². The van der Waals surface area contributed by atoms with Crippen molar-refractivity contribution in [2.75, 3.05) is 31.3 Å². The van der Waals surface area contributed by atoms with Gasteiger partial charge in [-0.25, -0.2) is 0 Å². The number of rotatable bonds is 6. The van der Waals surface area contributed by atoms with Crippen LogP contribution in [0.2, 0.25) is 0 Å². The summed E-state index contributed by atoms with van der Waals surface area (Å²) in [7, 11) is 1.58. The van der Waals surface area contributed by atoms with Crippen LogP contribution in [0.4, 0.5) is 17.6 Å². The van der Waals surface area contributed by atoms with Crippen molar-refractivity contribution >= 4 is 17.6 Å². The number of benzene rings is 1. The summed E-state index contributed by atoms with van der Waals surface area (Å²) in [6.45, 7) is 0.997. The van der Waals surface area contributed by atoms with E-state index in [0.717, 1.165) is 0 Å². The van der Waals surface area contributed by atoms with Gasteiger partial charge in [-0.15, -0.1) is 5.10 Å². The third-order valence-electron chi connectivity index (χ3n) is 2.53. The van der Waals surface area contributed by atoms with Crippen LogP contribution in [0.15, 0.2) is 24.3 Å². The third kappa shape index (κ3) is 2.83. The first kappa shape index (κ1) is 13.7. The number of methoxy groups -OCH3 is 1. The van der Waals surface area contributed by atoms with E-state index in [9.17, 15) is 10.1 Å². The zero-order valence-electron chi connectivity index (χ0n) is 10.8. The molecular weight excluding hydrogens is 264 g/mol. The van der Waals surface area contributed by atoms with Crippen LogP contribution < -0.4 is 11.1 Å². The number of anilines is 2. The van der Waals surface area contributed by atoms with Gasteiger partial charge in [-0.1, -0.05) is 12.1 Å². The fourth-order valence-electron chi connectivity index (χ4n) is 1.64. The average molecular weight is 278 g/mol. The maximum atomic E-state index is 11.0. The molecule has 0 radical (unpaired) electrons. The van der Waals surface area contributed by atoms with Gasteiger partial charge in [0, 0.05) is 19.7 Å². The van der Waals surface area contributed by atoms with E-state index >= 15 is 0 Å². The first-order chi connectivity index (χ1) is 9.63. The van der Waals surface area contributed by atoms with Gasteiger partial charge in [0.2, 0.25) is 11.9 Å². The van der Waals surface area contributed by atoms with Crippen molar-refractivity contribution in [2.45, 2.75) is 0 Å². The van der Waals surface area contributed by atoms with Crippen LogP contribution in [0.25, 0.3) is 5.69 Å². The van der Waals surface area contributed by atoms with Crippen LogP contribution in [-0.4, -0.2) is 39.9 Å². The predicted molar refractivity (Wildman–Crippen MR) is 72.8 cm³/mol. The smallest absolute Gasteiger partial charge is 0.295 e. The van der Waals surface area contributed by atoms with Crippen LogP contribution in [0.3, 0.4) is 0 Å². The van der Waals surface area contributed by atoms with Gasteiger partial charge in [0.25, 0.3) is 5.69 Å². The molecule has 2 aromatic rings. The van der Waals surface area contributed by atoms with E-state index in [2.05, 4.69) is 15.4 Å². The Morgan fingerprint density at radius 3 is 2.95 bits per heavy atom. The van der Waals surface area contributed by atoms with E-state index in [1.807, 2.05) is 0 Å². The Morgan fingerprint density at radius 1 is 1.50 bits per heavy atom. The Hall–Kier alpha value is -2.68. The molecule has 0 spiro atoms. The average Bonchev–Trinajstić information content (AvgIpc) is 2.80. The molecule has 106 valence electrons. The maximum absolute atomic E-state index is 11.0. The van der Waals surface area contributed by atoms with Gasteiger partial charge in [-0.05, 0) is 6.07 Å². The van der Waals surface area contributed by atoms with Crippen molar-refractivity contribution in [3.05, 3.63) is 34.4 Å². The lowest BCUT2D eigenvalue weighted by atomic mass is 10.3. The molecule has 0 saturated heterocycles. The van der Waals surface area contributed by atoms with Gasteiger partial charge in [0.1, 0.15) is 5.69 Å². The predicted octanol–water partition coefficient (Wildman–Crippen LogP) is 0.816. The number of nitrogen functional groups attached to an aromatic ring is 1. The fraction of sp³-hybridized carbons (Fsp3) is 0.273. The van der Waals surface area contributed by atoms with Crippen molar-refractivity contribution in [3.63, 3.8) is 0 Å². The van der Waals surface area contributed by atoms with Gasteiger partial charge >= 0.3 is 0 Å². The second kappa shape index (κ2) is 5.97. The number of nitro benzene ring substituents is 1. The minimum absolute atomic E-state index is 0.0687. The minimum atomic E-state index is -0.492. The van der Waals surface area contributed by atoms with E-state index in [0.29, 0.717) is 13.2 Å². The third-order valence-corrected chi connectivity index (χ3v) is 2.53. The van der Waals surface area contributed by atoms with Gasteiger partial charge in [0.05, 0.1) is 11.5 Å². The number of nitrogens with two attached hydrogens (primary N) is 1. The molecule has 1 aromatic heterocycles. The number of ether oxygens (including phenoxy) is 1. The molecular formula is C11H14N6O3. The van der Waals surface area contributed by atoms with E-state index in [4.69, 9.17) is 10.5 Å². The quantitative estimate of drug-likeness (QED) is 0.455. The second-order valence-corrected chi connectivity index (χ2v) is 3.87. The molecule has 0 unspecified atom stereocenters. The van der Waals surface area contributed by atoms with Crippen LogP contribution in [0.1, 0.15) is 0 Å². The highest BCUT2D eigenvalue weighted by atomic mass is 16.6. The van der Waals surface area contributed by atoms with Crippen LogP contribution >= 0.6 is 0 Å². The number of nitrogens with one attached hydrogen (secondary N) is 1. The van der Waals surface area contributed by atoms with Crippen molar-refractivity contribution < 1.29 is 9.66 Å². The molecule has 9 heteroatoms. The second-order valence-electron chi connectivity index (χ2n) is 3.87. The Bertz CT molecular complexity index is 612. The van der Waals surface area contributed by atoms with Crippen molar-refractivity contribution in [1.82, 2.24) is 14.8 Å². The fourth-order valence-corrected chi connectivity index (χ4v) is 1.64. The number of hydrogen-bond donors (Lipinski definition) is 2. The molecule has 0 atom stereocenters.